The van der Waals surface area contributed by atoms with Crippen molar-refractivity contribution in [3.63, 3.8) is 0 Å². The van der Waals surface area contributed by atoms with Gasteiger partial charge >= 0.3 is 5.97 Å². The SMILES string of the molecule is O=C(O)C1(O)C=CC=CC1. The summed E-state index contributed by atoms with van der Waals surface area (Å²) in [4.78, 5) is 10.3. The van der Waals surface area contributed by atoms with Crippen molar-refractivity contribution in [3.8, 4) is 0 Å². The van der Waals surface area contributed by atoms with E-state index in [0.29, 0.717) is 0 Å². The lowest BCUT2D eigenvalue weighted by atomic mass is 9.96. The molecule has 1 rings (SSSR count). The third kappa shape index (κ3) is 1.09. The van der Waals surface area contributed by atoms with Crippen molar-refractivity contribution in [2.75, 3.05) is 0 Å². The molecule has 1 atom stereocenters. The maximum Gasteiger partial charge on any atom is 0.340 e. The highest BCUT2D eigenvalue weighted by Crippen LogP contribution is 2.16. The van der Waals surface area contributed by atoms with Crippen molar-refractivity contribution in [3.05, 3.63) is 24.3 Å². The van der Waals surface area contributed by atoms with E-state index in [1.54, 1.807) is 12.2 Å². The average Bonchev–Trinajstić information content (AvgIpc) is 1.89. The van der Waals surface area contributed by atoms with Gasteiger partial charge in [-0.3, -0.25) is 0 Å². The zero-order valence-electron chi connectivity index (χ0n) is 5.32. The Bertz CT molecular complexity index is 205. The summed E-state index contributed by atoms with van der Waals surface area (Å²) in [5.74, 6) is -1.20. The summed E-state index contributed by atoms with van der Waals surface area (Å²) in [6.07, 6.45) is 6.28. The molecule has 3 heteroatoms. The van der Waals surface area contributed by atoms with Gasteiger partial charge in [0.2, 0.25) is 0 Å². The first kappa shape index (κ1) is 7.02. The zero-order chi connectivity index (χ0) is 7.61. The quantitative estimate of drug-likeness (QED) is 0.551. The first-order chi connectivity index (χ1) is 4.65. The maximum atomic E-state index is 10.3. The summed E-state index contributed by atoms with van der Waals surface area (Å²) < 4.78 is 0. The fourth-order valence-corrected chi connectivity index (χ4v) is 0.768. The predicted octanol–water partition coefficient (Wildman–Crippen LogP) is 0.318. The minimum Gasteiger partial charge on any atom is -0.479 e. The fraction of sp³-hybridized carbons (Fsp3) is 0.286. The van der Waals surface area contributed by atoms with Crippen molar-refractivity contribution < 1.29 is 15.0 Å². The number of aliphatic hydroxyl groups is 1. The molecule has 0 radical (unpaired) electrons. The molecule has 1 aliphatic rings. The summed E-state index contributed by atoms with van der Waals surface area (Å²) in [5.41, 5.74) is -1.67. The molecule has 0 aromatic rings. The Morgan fingerprint density at radius 2 is 2.20 bits per heavy atom. The van der Waals surface area contributed by atoms with Crippen molar-refractivity contribution in [1.82, 2.24) is 0 Å². The molecule has 0 saturated heterocycles. The minimum absolute atomic E-state index is 0.152. The van der Waals surface area contributed by atoms with Crippen LogP contribution in [0, 0.1) is 0 Å². The van der Waals surface area contributed by atoms with Crippen LogP contribution in [0.5, 0.6) is 0 Å². The highest BCUT2D eigenvalue weighted by Gasteiger charge is 2.32. The Hall–Kier alpha value is -1.09. The van der Waals surface area contributed by atoms with Crippen molar-refractivity contribution >= 4 is 5.97 Å². The van der Waals surface area contributed by atoms with Gasteiger partial charge in [-0.15, -0.1) is 0 Å². The molecule has 0 spiro atoms. The van der Waals surface area contributed by atoms with E-state index in [1.807, 2.05) is 0 Å². The lowest BCUT2D eigenvalue weighted by Gasteiger charge is -2.18. The van der Waals surface area contributed by atoms with Crippen molar-refractivity contribution in [1.29, 1.82) is 0 Å². The van der Waals surface area contributed by atoms with Gasteiger partial charge in [0.25, 0.3) is 0 Å². The second-order valence-electron chi connectivity index (χ2n) is 2.22. The molecular formula is C7H8O3. The number of hydrogen-bond donors (Lipinski definition) is 2. The Kier molecular flexibility index (Phi) is 1.59. The van der Waals surface area contributed by atoms with Gasteiger partial charge < -0.3 is 10.2 Å². The van der Waals surface area contributed by atoms with Gasteiger partial charge in [-0.25, -0.2) is 4.79 Å². The molecule has 3 nitrogen and oxygen atoms in total. The van der Waals surface area contributed by atoms with Crippen molar-refractivity contribution in [2.45, 2.75) is 12.0 Å². The molecule has 54 valence electrons. The van der Waals surface area contributed by atoms with Crippen LogP contribution in [0.1, 0.15) is 6.42 Å². The number of rotatable bonds is 1. The van der Waals surface area contributed by atoms with Crippen LogP contribution in [0.2, 0.25) is 0 Å². The summed E-state index contributed by atoms with van der Waals surface area (Å²) in [5, 5.41) is 17.7. The standard InChI is InChI=1S/C7H8O3/c8-6(9)7(10)4-2-1-3-5-7/h1-4,10H,5H2,(H,8,9). The molecule has 0 saturated carbocycles. The smallest absolute Gasteiger partial charge is 0.340 e. The van der Waals surface area contributed by atoms with Gasteiger partial charge in [0.05, 0.1) is 0 Å². The van der Waals surface area contributed by atoms with E-state index in [4.69, 9.17) is 5.11 Å². The molecule has 0 fully saturated rings. The fourth-order valence-electron chi connectivity index (χ4n) is 0.768. The molecular weight excluding hydrogens is 132 g/mol. The van der Waals surface area contributed by atoms with E-state index >= 15 is 0 Å². The molecule has 0 bridgehead atoms. The minimum atomic E-state index is -1.67. The van der Waals surface area contributed by atoms with Gasteiger partial charge in [0, 0.05) is 6.42 Å². The van der Waals surface area contributed by atoms with Crippen LogP contribution in [0.4, 0.5) is 0 Å². The third-order valence-corrected chi connectivity index (χ3v) is 1.42. The normalized spacial score (nSPS) is 30.5. The number of aliphatic carboxylic acids is 1. The lowest BCUT2D eigenvalue weighted by molar-refractivity contribution is -0.153. The monoisotopic (exact) mass is 140 g/mol. The molecule has 0 aliphatic heterocycles. The van der Waals surface area contributed by atoms with Gasteiger partial charge in [-0.1, -0.05) is 18.2 Å². The molecule has 10 heavy (non-hydrogen) atoms. The van der Waals surface area contributed by atoms with Crippen molar-refractivity contribution in [2.24, 2.45) is 0 Å². The summed E-state index contributed by atoms with van der Waals surface area (Å²) in [7, 11) is 0. The van der Waals surface area contributed by atoms with Gasteiger partial charge in [0.1, 0.15) is 0 Å². The number of carbonyl (C=O) groups is 1. The molecule has 2 N–H and O–H groups in total. The summed E-state index contributed by atoms with van der Waals surface area (Å²) >= 11 is 0. The number of carboxylic acids is 1. The van der Waals surface area contributed by atoms with Crippen LogP contribution in [0.25, 0.3) is 0 Å². The Morgan fingerprint density at radius 1 is 1.50 bits per heavy atom. The van der Waals surface area contributed by atoms with Crippen LogP contribution < -0.4 is 0 Å². The van der Waals surface area contributed by atoms with Crippen LogP contribution >= 0.6 is 0 Å². The molecule has 0 aromatic heterocycles. The maximum absolute atomic E-state index is 10.3. The molecule has 0 heterocycles. The highest BCUT2D eigenvalue weighted by molar-refractivity contribution is 5.80. The highest BCUT2D eigenvalue weighted by atomic mass is 16.4. The first-order valence-electron chi connectivity index (χ1n) is 2.95. The van der Waals surface area contributed by atoms with Gasteiger partial charge in [-0.05, 0) is 6.08 Å². The molecule has 0 amide bonds. The van der Waals surface area contributed by atoms with Gasteiger partial charge in [-0.2, -0.15) is 0 Å². The van der Waals surface area contributed by atoms with E-state index < -0.39 is 11.6 Å². The van der Waals surface area contributed by atoms with Crippen LogP contribution in [-0.4, -0.2) is 21.8 Å². The Morgan fingerprint density at radius 3 is 2.50 bits per heavy atom. The third-order valence-electron chi connectivity index (χ3n) is 1.42. The molecule has 1 unspecified atom stereocenters. The second-order valence-corrected chi connectivity index (χ2v) is 2.22. The van der Waals surface area contributed by atoms with Crippen LogP contribution in [-0.2, 0) is 4.79 Å². The van der Waals surface area contributed by atoms with E-state index in [-0.39, 0.29) is 6.42 Å². The largest absolute Gasteiger partial charge is 0.479 e. The van der Waals surface area contributed by atoms with Gasteiger partial charge in [0.15, 0.2) is 5.60 Å². The van der Waals surface area contributed by atoms with E-state index in [0.717, 1.165) is 0 Å². The predicted molar refractivity (Wildman–Crippen MR) is 35.5 cm³/mol. The van der Waals surface area contributed by atoms with E-state index in [2.05, 4.69) is 0 Å². The second kappa shape index (κ2) is 2.27. The summed E-state index contributed by atoms with van der Waals surface area (Å²) in [6.45, 7) is 0. The van der Waals surface area contributed by atoms with E-state index in [1.165, 1.54) is 12.2 Å². The Balaban J connectivity index is 2.80. The molecule has 0 aromatic carbocycles. The number of allylic oxidation sites excluding steroid dienone is 2. The molecule has 1 aliphatic carbocycles. The summed E-state index contributed by atoms with van der Waals surface area (Å²) in [6, 6.07) is 0. The topological polar surface area (TPSA) is 57.5 Å². The average molecular weight is 140 g/mol. The van der Waals surface area contributed by atoms with Crippen LogP contribution in [0.15, 0.2) is 24.3 Å². The zero-order valence-corrected chi connectivity index (χ0v) is 5.32. The number of carboxylic acid groups (broad SMARTS) is 1. The van der Waals surface area contributed by atoms with E-state index in [9.17, 15) is 9.90 Å². The van der Waals surface area contributed by atoms with Crippen LogP contribution in [0.3, 0.4) is 0 Å². The Labute approximate surface area is 58.3 Å². The number of hydrogen-bond acceptors (Lipinski definition) is 2. The lowest BCUT2D eigenvalue weighted by Crippen LogP contribution is -2.36. The first-order valence-corrected chi connectivity index (χ1v) is 2.95.